The van der Waals surface area contributed by atoms with Crippen LogP contribution in [0.4, 0.5) is 13.2 Å². The normalized spacial score (nSPS) is 11.1. The molecule has 1 rings (SSSR count). The average Bonchev–Trinajstić information content (AvgIpc) is 2.07. The third kappa shape index (κ3) is 2.61. The van der Waals surface area contributed by atoms with Gasteiger partial charge >= 0.3 is 12.1 Å². The van der Waals surface area contributed by atoms with Gasteiger partial charge in [0.05, 0.1) is 0 Å². The molecule has 1 aromatic rings. The van der Waals surface area contributed by atoms with Crippen LogP contribution < -0.4 is 10.3 Å². The van der Waals surface area contributed by atoms with Crippen LogP contribution in [0.5, 0.6) is 0 Å². The number of hydrogen-bond donors (Lipinski definition) is 0. The Hall–Kier alpha value is -1.79. The van der Waals surface area contributed by atoms with Crippen LogP contribution in [-0.2, 0) is 4.79 Å². The summed E-state index contributed by atoms with van der Waals surface area (Å²) >= 11 is 0. The molecule has 7 heteroatoms. The fourth-order valence-electron chi connectivity index (χ4n) is 0.607. The summed E-state index contributed by atoms with van der Waals surface area (Å²) in [6.07, 6.45) is -3.24. The summed E-state index contributed by atoms with van der Waals surface area (Å²) in [5.41, 5.74) is -0.399. The summed E-state index contributed by atoms with van der Waals surface area (Å²) in [6, 6.07) is 1.92. The van der Waals surface area contributed by atoms with Crippen molar-refractivity contribution in [2.75, 3.05) is 0 Å². The number of nitrogens with zero attached hydrogens (tertiary/aromatic N) is 1. The van der Waals surface area contributed by atoms with E-state index in [2.05, 4.69) is 4.84 Å². The molecule has 0 unspecified atom stereocenters. The van der Waals surface area contributed by atoms with E-state index in [0.717, 1.165) is 24.5 Å². The van der Waals surface area contributed by atoms with Crippen molar-refractivity contribution in [2.45, 2.75) is 6.18 Å². The van der Waals surface area contributed by atoms with Gasteiger partial charge in [0.2, 0.25) is 0 Å². The van der Waals surface area contributed by atoms with Crippen molar-refractivity contribution in [3.63, 3.8) is 0 Å². The zero-order valence-electron chi connectivity index (χ0n) is 6.62. The van der Waals surface area contributed by atoms with E-state index >= 15 is 0 Å². The van der Waals surface area contributed by atoms with Gasteiger partial charge in [-0.1, -0.05) is 0 Å². The van der Waals surface area contributed by atoms with Gasteiger partial charge in [-0.3, -0.25) is 4.79 Å². The lowest BCUT2D eigenvalue weighted by molar-refractivity contribution is -0.200. The van der Waals surface area contributed by atoms with E-state index in [1.807, 2.05) is 0 Å². The SMILES string of the molecule is O=C(On1ccc(=O)cc1)C(F)(F)F. The van der Waals surface area contributed by atoms with Gasteiger partial charge in [-0.2, -0.15) is 17.9 Å². The molecule has 0 amide bonds. The number of carbonyl (C=O) groups is 1. The standard InChI is InChI=1S/C7H4F3NO3/c8-7(9,10)6(13)14-11-3-1-5(12)2-4-11/h1-4H. The predicted octanol–water partition coefficient (Wildman–Crippen LogP) is 0.366. The number of hydrogen-bond acceptors (Lipinski definition) is 3. The molecule has 0 aliphatic carbocycles. The van der Waals surface area contributed by atoms with Crippen LogP contribution in [0.15, 0.2) is 29.3 Å². The van der Waals surface area contributed by atoms with E-state index < -0.39 is 17.6 Å². The Morgan fingerprint density at radius 1 is 1.29 bits per heavy atom. The Bertz CT molecular complexity index is 375. The van der Waals surface area contributed by atoms with Crippen LogP contribution in [0.1, 0.15) is 0 Å². The molecule has 0 aromatic carbocycles. The number of alkyl halides is 3. The smallest absolute Gasteiger partial charge is 0.328 e. The molecule has 0 fully saturated rings. The van der Waals surface area contributed by atoms with Gasteiger partial charge in [-0.05, 0) is 0 Å². The molecule has 1 aromatic heterocycles. The molecule has 0 bridgehead atoms. The van der Waals surface area contributed by atoms with Crippen LogP contribution in [-0.4, -0.2) is 16.9 Å². The van der Waals surface area contributed by atoms with E-state index in [9.17, 15) is 22.8 Å². The van der Waals surface area contributed by atoms with Crippen molar-refractivity contribution >= 4 is 5.97 Å². The monoisotopic (exact) mass is 207 g/mol. The lowest BCUT2D eigenvalue weighted by Gasteiger charge is -2.07. The molecule has 0 saturated carbocycles. The largest absolute Gasteiger partial charge is 0.493 e. The van der Waals surface area contributed by atoms with Gasteiger partial charge in [0.1, 0.15) is 0 Å². The number of rotatable bonds is 1. The summed E-state index contributed by atoms with van der Waals surface area (Å²) in [4.78, 5) is 24.6. The topological polar surface area (TPSA) is 48.3 Å². The van der Waals surface area contributed by atoms with Gasteiger partial charge in [-0.15, -0.1) is 0 Å². The lowest BCUT2D eigenvalue weighted by atomic mass is 10.5. The summed E-state index contributed by atoms with van der Waals surface area (Å²) < 4.78 is 35.5. The van der Waals surface area contributed by atoms with Crippen molar-refractivity contribution < 1.29 is 22.8 Å². The third-order valence-electron chi connectivity index (χ3n) is 1.19. The molecule has 0 aliphatic rings. The maximum atomic E-state index is 11.7. The van der Waals surface area contributed by atoms with E-state index in [4.69, 9.17) is 0 Å². The first-order valence-electron chi connectivity index (χ1n) is 3.37. The molecule has 0 saturated heterocycles. The molecule has 0 spiro atoms. The number of pyridine rings is 1. The number of aromatic nitrogens is 1. The van der Waals surface area contributed by atoms with E-state index in [-0.39, 0.29) is 0 Å². The van der Waals surface area contributed by atoms with Gasteiger partial charge in [0, 0.05) is 24.5 Å². The van der Waals surface area contributed by atoms with Crippen molar-refractivity contribution in [2.24, 2.45) is 0 Å². The second-order valence-electron chi connectivity index (χ2n) is 2.27. The van der Waals surface area contributed by atoms with E-state index in [1.165, 1.54) is 0 Å². The van der Waals surface area contributed by atoms with Crippen LogP contribution in [0.25, 0.3) is 0 Å². The van der Waals surface area contributed by atoms with Gasteiger partial charge in [0.25, 0.3) is 0 Å². The Balaban J connectivity index is 2.75. The van der Waals surface area contributed by atoms with Crippen LogP contribution >= 0.6 is 0 Å². The lowest BCUT2D eigenvalue weighted by Crippen LogP contribution is -2.33. The molecular weight excluding hydrogens is 203 g/mol. The first-order chi connectivity index (χ1) is 6.39. The average molecular weight is 207 g/mol. The Kier molecular flexibility index (Phi) is 2.59. The fourth-order valence-corrected chi connectivity index (χ4v) is 0.607. The van der Waals surface area contributed by atoms with Gasteiger partial charge < -0.3 is 4.84 Å². The minimum absolute atomic E-state index is 0.399. The number of halogens is 3. The first kappa shape index (κ1) is 10.3. The summed E-state index contributed by atoms with van der Waals surface area (Å²) in [7, 11) is 0. The second kappa shape index (κ2) is 3.52. The quantitative estimate of drug-likeness (QED) is 0.668. The maximum Gasteiger partial charge on any atom is 0.493 e. The first-order valence-corrected chi connectivity index (χ1v) is 3.37. The summed E-state index contributed by atoms with van der Waals surface area (Å²) in [5.74, 6) is -2.35. The van der Waals surface area contributed by atoms with Gasteiger partial charge in [0.15, 0.2) is 5.43 Å². The molecule has 1 heterocycles. The third-order valence-corrected chi connectivity index (χ3v) is 1.19. The molecular formula is C7H4F3NO3. The molecule has 0 N–H and O–H groups in total. The highest BCUT2D eigenvalue weighted by Crippen LogP contribution is 2.14. The summed E-state index contributed by atoms with van der Waals surface area (Å²) in [6.45, 7) is 0. The molecule has 76 valence electrons. The van der Waals surface area contributed by atoms with Crippen molar-refractivity contribution in [1.82, 2.24) is 4.73 Å². The predicted molar refractivity (Wildman–Crippen MR) is 38.3 cm³/mol. The fraction of sp³-hybridized carbons (Fsp3) is 0.143. The van der Waals surface area contributed by atoms with E-state index in [0.29, 0.717) is 4.73 Å². The maximum absolute atomic E-state index is 11.7. The second-order valence-corrected chi connectivity index (χ2v) is 2.27. The molecule has 14 heavy (non-hydrogen) atoms. The van der Waals surface area contributed by atoms with Crippen molar-refractivity contribution in [3.05, 3.63) is 34.7 Å². The van der Waals surface area contributed by atoms with E-state index in [1.54, 1.807) is 0 Å². The molecule has 0 aliphatic heterocycles. The van der Waals surface area contributed by atoms with Crippen LogP contribution in [0, 0.1) is 0 Å². The zero-order chi connectivity index (χ0) is 10.8. The van der Waals surface area contributed by atoms with Crippen molar-refractivity contribution in [3.8, 4) is 0 Å². The summed E-state index contributed by atoms with van der Waals surface area (Å²) in [5, 5.41) is 0. The van der Waals surface area contributed by atoms with Crippen LogP contribution in [0.2, 0.25) is 0 Å². The molecule has 0 atom stereocenters. The zero-order valence-corrected chi connectivity index (χ0v) is 6.62. The highest BCUT2D eigenvalue weighted by atomic mass is 19.4. The van der Waals surface area contributed by atoms with Crippen molar-refractivity contribution in [1.29, 1.82) is 0 Å². The highest BCUT2D eigenvalue weighted by molar-refractivity contribution is 5.75. The Morgan fingerprint density at radius 3 is 2.21 bits per heavy atom. The number of carbonyl (C=O) groups excluding carboxylic acids is 1. The highest BCUT2D eigenvalue weighted by Gasteiger charge is 2.41. The molecule has 0 radical (unpaired) electrons. The Labute approximate surface area is 75.5 Å². The van der Waals surface area contributed by atoms with Gasteiger partial charge in [-0.25, -0.2) is 4.79 Å². The minimum Gasteiger partial charge on any atom is -0.328 e. The molecule has 4 nitrogen and oxygen atoms in total. The van der Waals surface area contributed by atoms with Crippen LogP contribution in [0.3, 0.4) is 0 Å². The Morgan fingerprint density at radius 2 is 1.79 bits per heavy atom. The minimum atomic E-state index is -5.05.